The lowest BCUT2D eigenvalue weighted by atomic mass is 10.1. The van der Waals surface area contributed by atoms with Gasteiger partial charge in [0.25, 0.3) is 11.5 Å². The van der Waals surface area contributed by atoms with Crippen molar-refractivity contribution in [3.8, 4) is 0 Å². The lowest BCUT2D eigenvalue weighted by Gasteiger charge is -2.33. The first kappa shape index (κ1) is 17.3. The highest BCUT2D eigenvalue weighted by molar-refractivity contribution is 6.42. The van der Waals surface area contributed by atoms with Crippen LogP contribution in [0.25, 0.3) is 0 Å². The van der Waals surface area contributed by atoms with Gasteiger partial charge in [-0.25, -0.2) is 0 Å². The van der Waals surface area contributed by atoms with E-state index < -0.39 is 5.56 Å². The fourth-order valence-corrected chi connectivity index (χ4v) is 2.99. The molecule has 1 atom stereocenters. The lowest BCUT2D eigenvalue weighted by Crippen LogP contribution is -2.42. The van der Waals surface area contributed by atoms with Crippen LogP contribution in [0.3, 0.4) is 0 Å². The van der Waals surface area contributed by atoms with Crippen molar-refractivity contribution in [2.75, 3.05) is 19.7 Å². The summed E-state index contributed by atoms with van der Waals surface area (Å²) >= 11 is 17.8. The molecule has 2 aromatic rings. The minimum Gasteiger partial charge on any atom is -0.370 e. The average Bonchev–Trinajstić information content (AvgIpc) is 2.59. The molecule has 0 spiro atoms. The van der Waals surface area contributed by atoms with Gasteiger partial charge in [0.05, 0.1) is 28.8 Å². The van der Waals surface area contributed by atoms with Crippen molar-refractivity contribution in [2.24, 2.45) is 0 Å². The van der Waals surface area contributed by atoms with Gasteiger partial charge < -0.3 is 14.6 Å². The van der Waals surface area contributed by atoms with Crippen LogP contribution in [-0.2, 0) is 4.74 Å². The maximum Gasteiger partial charge on any atom is 0.266 e. The van der Waals surface area contributed by atoms with Crippen LogP contribution in [0.5, 0.6) is 0 Å². The summed E-state index contributed by atoms with van der Waals surface area (Å²) in [5.74, 6) is -0.221. The molecule has 3 rings (SSSR count). The Morgan fingerprint density at radius 2 is 1.96 bits per heavy atom. The van der Waals surface area contributed by atoms with Crippen molar-refractivity contribution in [1.29, 1.82) is 0 Å². The van der Waals surface area contributed by atoms with Gasteiger partial charge in [-0.05, 0) is 23.8 Å². The van der Waals surface area contributed by atoms with E-state index in [-0.39, 0.29) is 17.0 Å². The van der Waals surface area contributed by atoms with E-state index in [1.54, 1.807) is 17.0 Å². The number of aromatic nitrogens is 1. The molecule has 1 aromatic carbocycles. The van der Waals surface area contributed by atoms with Crippen LogP contribution in [0.15, 0.2) is 35.3 Å². The number of hydrogen-bond acceptors (Lipinski definition) is 3. The summed E-state index contributed by atoms with van der Waals surface area (Å²) in [7, 11) is 0. The SMILES string of the molecule is O=C(c1c[nH]c(=O)c(Cl)c1)N1CCO[C@H](c2ccc(Cl)c(Cl)c2)C1. The number of carbonyl (C=O) groups excluding carboxylic acids is 1. The fourth-order valence-electron chi connectivity index (χ4n) is 2.51. The average molecular weight is 388 g/mol. The molecule has 1 fully saturated rings. The Morgan fingerprint density at radius 1 is 1.17 bits per heavy atom. The van der Waals surface area contributed by atoms with Gasteiger partial charge in [-0.15, -0.1) is 0 Å². The zero-order valence-corrected chi connectivity index (χ0v) is 14.7. The topological polar surface area (TPSA) is 62.4 Å². The normalized spacial score (nSPS) is 17.8. The van der Waals surface area contributed by atoms with Gasteiger partial charge in [0.2, 0.25) is 0 Å². The molecule has 0 saturated carbocycles. The monoisotopic (exact) mass is 386 g/mol. The number of nitrogens with one attached hydrogen (secondary N) is 1. The van der Waals surface area contributed by atoms with Gasteiger partial charge >= 0.3 is 0 Å². The summed E-state index contributed by atoms with van der Waals surface area (Å²) in [6.07, 6.45) is 1.07. The van der Waals surface area contributed by atoms with Gasteiger partial charge in [0, 0.05) is 12.7 Å². The Bertz CT molecular complexity index is 838. The molecule has 0 radical (unpaired) electrons. The number of hydrogen-bond donors (Lipinski definition) is 1. The number of pyridine rings is 1. The minimum atomic E-state index is -0.427. The van der Waals surface area contributed by atoms with E-state index in [1.165, 1.54) is 12.3 Å². The van der Waals surface area contributed by atoms with Crippen LogP contribution in [0.2, 0.25) is 15.1 Å². The standard InChI is InChI=1S/C16H13Cl3N2O3/c17-11-2-1-9(5-12(11)18)14-8-21(3-4-24-14)16(23)10-6-13(19)15(22)20-7-10/h1-2,5-7,14H,3-4,8H2,(H,20,22)/t14-/m0/s1. The summed E-state index contributed by atoms with van der Waals surface area (Å²) in [6, 6.07) is 6.63. The highest BCUT2D eigenvalue weighted by atomic mass is 35.5. The molecule has 1 aliphatic heterocycles. The molecular formula is C16H13Cl3N2O3. The first-order valence-electron chi connectivity index (χ1n) is 7.20. The van der Waals surface area contributed by atoms with Crippen LogP contribution in [0.1, 0.15) is 22.0 Å². The number of rotatable bonds is 2. The van der Waals surface area contributed by atoms with Gasteiger partial charge in [-0.1, -0.05) is 40.9 Å². The Hall–Kier alpha value is -1.53. The molecule has 8 heteroatoms. The van der Waals surface area contributed by atoms with E-state index in [9.17, 15) is 9.59 Å². The molecule has 1 amide bonds. The van der Waals surface area contributed by atoms with Crippen molar-refractivity contribution in [2.45, 2.75) is 6.10 Å². The number of morpholine rings is 1. The quantitative estimate of drug-likeness (QED) is 0.857. The second kappa shape index (κ2) is 7.15. The number of ether oxygens (including phenoxy) is 1. The molecule has 1 saturated heterocycles. The molecule has 1 N–H and O–H groups in total. The summed E-state index contributed by atoms with van der Waals surface area (Å²) in [6.45, 7) is 1.22. The van der Waals surface area contributed by atoms with Crippen LogP contribution in [0, 0.1) is 0 Å². The molecular weight excluding hydrogens is 375 g/mol. The van der Waals surface area contributed by atoms with Gasteiger partial charge in [0.1, 0.15) is 11.1 Å². The van der Waals surface area contributed by atoms with Crippen LogP contribution in [0.4, 0.5) is 0 Å². The smallest absolute Gasteiger partial charge is 0.266 e. The molecule has 126 valence electrons. The molecule has 1 aromatic heterocycles. The first-order chi connectivity index (χ1) is 11.5. The highest BCUT2D eigenvalue weighted by Gasteiger charge is 2.27. The number of benzene rings is 1. The van der Waals surface area contributed by atoms with Crippen LogP contribution in [-0.4, -0.2) is 35.5 Å². The number of H-pyrrole nitrogens is 1. The Morgan fingerprint density at radius 3 is 2.67 bits per heavy atom. The molecule has 0 bridgehead atoms. The van der Waals surface area contributed by atoms with Gasteiger partial charge in [-0.2, -0.15) is 0 Å². The second-order valence-corrected chi connectivity index (χ2v) is 6.57. The van der Waals surface area contributed by atoms with E-state index in [1.807, 2.05) is 6.07 Å². The summed E-state index contributed by atoms with van der Waals surface area (Å²) in [5, 5.41) is 0.885. The van der Waals surface area contributed by atoms with Gasteiger partial charge in [0.15, 0.2) is 0 Å². The fraction of sp³-hybridized carbons (Fsp3) is 0.250. The van der Waals surface area contributed by atoms with Gasteiger partial charge in [-0.3, -0.25) is 9.59 Å². The number of aromatic amines is 1. The molecule has 1 aliphatic rings. The first-order valence-corrected chi connectivity index (χ1v) is 8.33. The zero-order chi connectivity index (χ0) is 17.3. The van der Waals surface area contributed by atoms with Crippen molar-refractivity contribution < 1.29 is 9.53 Å². The summed E-state index contributed by atoms with van der Waals surface area (Å²) < 4.78 is 5.74. The minimum absolute atomic E-state index is 0.0184. The van der Waals surface area contributed by atoms with E-state index in [0.717, 1.165) is 5.56 Å². The molecule has 2 heterocycles. The maximum atomic E-state index is 12.6. The third-order valence-corrected chi connectivity index (χ3v) is 4.79. The number of carbonyl (C=O) groups is 1. The predicted molar refractivity (Wildman–Crippen MR) is 93.1 cm³/mol. The summed E-state index contributed by atoms with van der Waals surface area (Å²) in [4.78, 5) is 28.0. The van der Waals surface area contributed by atoms with Crippen LogP contribution >= 0.6 is 34.8 Å². The van der Waals surface area contributed by atoms with Crippen molar-refractivity contribution >= 4 is 40.7 Å². The highest BCUT2D eigenvalue weighted by Crippen LogP contribution is 2.29. The van der Waals surface area contributed by atoms with E-state index in [0.29, 0.717) is 35.3 Å². The molecule has 24 heavy (non-hydrogen) atoms. The van der Waals surface area contributed by atoms with Crippen molar-refractivity contribution in [1.82, 2.24) is 9.88 Å². The molecule has 5 nitrogen and oxygen atoms in total. The van der Waals surface area contributed by atoms with Crippen molar-refractivity contribution in [3.05, 3.63) is 67.0 Å². The third kappa shape index (κ3) is 3.59. The lowest BCUT2D eigenvalue weighted by molar-refractivity contribution is -0.0228. The summed E-state index contributed by atoms with van der Waals surface area (Å²) in [5.41, 5.74) is 0.750. The number of amides is 1. The molecule has 0 unspecified atom stereocenters. The Balaban J connectivity index is 1.79. The largest absolute Gasteiger partial charge is 0.370 e. The predicted octanol–water partition coefficient (Wildman–Crippen LogP) is 3.55. The van der Waals surface area contributed by atoms with E-state index >= 15 is 0 Å². The Labute approximate surface area is 153 Å². The number of halogens is 3. The number of nitrogens with zero attached hydrogens (tertiary/aromatic N) is 1. The van der Waals surface area contributed by atoms with Crippen LogP contribution < -0.4 is 5.56 Å². The molecule has 0 aliphatic carbocycles. The van der Waals surface area contributed by atoms with Crippen molar-refractivity contribution in [3.63, 3.8) is 0 Å². The van der Waals surface area contributed by atoms with E-state index in [4.69, 9.17) is 39.5 Å². The maximum absolute atomic E-state index is 12.6. The second-order valence-electron chi connectivity index (χ2n) is 5.35. The third-order valence-electron chi connectivity index (χ3n) is 3.77. The van der Waals surface area contributed by atoms with E-state index in [2.05, 4.69) is 4.98 Å². The zero-order valence-electron chi connectivity index (χ0n) is 12.4. The Kier molecular flexibility index (Phi) is 5.15.